The minimum atomic E-state index is -0.149. The van der Waals surface area contributed by atoms with Crippen LogP contribution in [0.4, 0.5) is 0 Å². The third kappa shape index (κ3) is 2.80. The van der Waals surface area contributed by atoms with Gasteiger partial charge in [0.25, 0.3) is 5.56 Å². The predicted molar refractivity (Wildman–Crippen MR) is 84.7 cm³/mol. The lowest BCUT2D eigenvalue weighted by Crippen LogP contribution is -2.23. The molecule has 114 valence electrons. The van der Waals surface area contributed by atoms with Gasteiger partial charge in [0.2, 0.25) is 0 Å². The molecular formula is C14H12Cl2N4O2. The van der Waals surface area contributed by atoms with E-state index >= 15 is 0 Å². The fraction of sp³-hybridized carbons (Fsp3) is 0.214. The molecule has 6 nitrogen and oxygen atoms in total. The van der Waals surface area contributed by atoms with Crippen LogP contribution in [-0.4, -0.2) is 25.9 Å². The molecule has 1 aromatic carbocycles. The molecule has 0 amide bonds. The lowest BCUT2D eigenvalue weighted by atomic mass is 10.3. The Kier molecular flexibility index (Phi) is 4.04. The number of benzene rings is 1. The molecule has 0 spiro atoms. The zero-order valence-electron chi connectivity index (χ0n) is 11.7. The number of halogens is 2. The maximum Gasteiger partial charge on any atom is 0.264 e. The van der Waals surface area contributed by atoms with E-state index in [2.05, 4.69) is 10.1 Å². The second-order valence-electron chi connectivity index (χ2n) is 4.67. The quantitative estimate of drug-likeness (QED) is 0.733. The van der Waals surface area contributed by atoms with E-state index in [1.165, 1.54) is 17.1 Å². The van der Waals surface area contributed by atoms with Crippen molar-refractivity contribution in [1.29, 1.82) is 0 Å². The molecular weight excluding hydrogens is 327 g/mol. The molecule has 0 fully saturated rings. The number of hydrogen-bond acceptors (Lipinski definition) is 4. The van der Waals surface area contributed by atoms with Gasteiger partial charge in [-0.2, -0.15) is 5.10 Å². The Morgan fingerprint density at radius 1 is 1.32 bits per heavy atom. The summed E-state index contributed by atoms with van der Waals surface area (Å²) in [5, 5.41) is 5.48. The molecule has 0 radical (unpaired) electrons. The number of hydrogen-bond donors (Lipinski definition) is 0. The van der Waals surface area contributed by atoms with E-state index in [-0.39, 0.29) is 12.2 Å². The fourth-order valence-electron chi connectivity index (χ4n) is 2.07. The summed E-state index contributed by atoms with van der Waals surface area (Å²) in [4.78, 5) is 16.5. The van der Waals surface area contributed by atoms with Crippen LogP contribution in [0.3, 0.4) is 0 Å². The summed E-state index contributed by atoms with van der Waals surface area (Å²) in [7, 11) is 1.74. The van der Waals surface area contributed by atoms with Crippen LogP contribution in [-0.2, 0) is 13.6 Å². The summed E-state index contributed by atoms with van der Waals surface area (Å²) in [6.45, 7) is 0.643. The van der Waals surface area contributed by atoms with Gasteiger partial charge in [0.15, 0.2) is 5.65 Å². The Morgan fingerprint density at radius 2 is 2.14 bits per heavy atom. The van der Waals surface area contributed by atoms with E-state index in [0.717, 1.165) is 0 Å². The van der Waals surface area contributed by atoms with Crippen molar-refractivity contribution in [1.82, 2.24) is 19.3 Å². The van der Waals surface area contributed by atoms with Crippen molar-refractivity contribution in [3.8, 4) is 5.75 Å². The van der Waals surface area contributed by atoms with E-state index < -0.39 is 0 Å². The lowest BCUT2D eigenvalue weighted by Gasteiger charge is -2.09. The van der Waals surface area contributed by atoms with Gasteiger partial charge < -0.3 is 4.74 Å². The average molecular weight is 339 g/mol. The molecule has 0 bridgehead atoms. The van der Waals surface area contributed by atoms with Crippen molar-refractivity contribution in [3.63, 3.8) is 0 Å². The van der Waals surface area contributed by atoms with E-state index in [4.69, 9.17) is 27.9 Å². The number of aryl methyl sites for hydroxylation is 1. The molecule has 0 atom stereocenters. The molecule has 0 saturated heterocycles. The summed E-state index contributed by atoms with van der Waals surface area (Å²) < 4.78 is 8.61. The number of rotatable bonds is 4. The van der Waals surface area contributed by atoms with Gasteiger partial charge in [-0.05, 0) is 18.2 Å². The number of fused-ring (bicyclic) bond motifs is 1. The third-order valence-electron chi connectivity index (χ3n) is 3.20. The summed E-state index contributed by atoms with van der Waals surface area (Å²) in [6.07, 6.45) is 3.00. The maximum absolute atomic E-state index is 12.3. The molecule has 2 aromatic heterocycles. The van der Waals surface area contributed by atoms with E-state index in [1.54, 1.807) is 29.9 Å². The largest absolute Gasteiger partial charge is 0.490 e. The highest BCUT2D eigenvalue weighted by Crippen LogP contribution is 2.27. The first kappa shape index (κ1) is 14.9. The normalized spacial score (nSPS) is 11.0. The first-order valence-corrected chi connectivity index (χ1v) is 7.27. The first-order valence-electron chi connectivity index (χ1n) is 6.51. The highest BCUT2D eigenvalue weighted by atomic mass is 35.5. The molecule has 2 heterocycles. The van der Waals surface area contributed by atoms with Gasteiger partial charge >= 0.3 is 0 Å². The smallest absolute Gasteiger partial charge is 0.264 e. The zero-order valence-corrected chi connectivity index (χ0v) is 13.2. The summed E-state index contributed by atoms with van der Waals surface area (Å²) in [5.41, 5.74) is 0.409. The van der Waals surface area contributed by atoms with Gasteiger partial charge in [-0.1, -0.05) is 23.2 Å². The monoisotopic (exact) mass is 338 g/mol. The lowest BCUT2D eigenvalue weighted by molar-refractivity contribution is 0.296. The van der Waals surface area contributed by atoms with Gasteiger partial charge in [-0.25, -0.2) is 4.98 Å². The number of nitrogens with zero attached hydrogens (tertiary/aromatic N) is 4. The highest BCUT2D eigenvalue weighted by Gasteiger charge is 2.08. The molecule has 8 heteroatoms. The van der Waals surface area contributed by atoms with Crippen LogP contribution in [0, 0.1) is 0 Å². The predicted octanol–water partition coefficient (Wildman–Crippen LogP) is 2.52. The van der Waals surface area contributed by atoms with Crippen molar-refractivity contribution in [2.75, 3.05) is 6.61 Å². The van der Waals surface area contributed by atoms with Crippen LogP contribution in [0.15, 0.2) is 35.5 Å². The van der Waals surface area contributed by atoms with Crippen molar-refractivity contribution in [3.05, 3.63) is 51.1 Å². The third-order valence-corrected chi connectivity index (χ3v) is 3.73. The SMILES string of the molecule is Cn1ncc2c(=O)n(CCOc3ccc(Cl)cc3Cl)cnc21. The van der Waals surface area contributed by atoms with Gasteiger partial charge in [0, 0.05) is 12.1 Å². The van der Waals surface area contributed by atoms with Crippen LogP contribution in [0.25, 0.3) is 11.0 Å². The standard InChI is InChI=1S/C14H12Cl2N4O2/c1-19-13-10(7-18-19)14(21)20(8-17-13)4-5-22-12-3-2-9(15)6-11(12)16/h2-3,6-8H,4-5H2,1H3. The average Bonchev–Trinajstić information content (AvgIpc) is 2.86. The fourth-order valence-corrected chi connectivity index (χ4v) is 2.54. The topological polar surface area (TPSA) is 61.9 Å². The molecule has 22 heavy (non-hydrogen) atoms. The Labute approximate surface area is 135 Å². The summed E-state index contributed by atoms with van der Waals surface area (Å²) >= 11 is 11.8. The molecule has 0 aliphatic rings. The van der Waals surface area contributed by atoms with Gasteiger partial charge in [0.1, 0.15) is 24.1 Å². The summed E-state index contributed by atoms with van der Waals surface area (Å²) in [6, 6.07) is 4.99. The molecule has 0 saturated carbocycles. The second kappa shape index (κ2) is 5.98. The second-order valence-corrected chi connectivity index (χ2v) is 5.52. The highest BCUT2D eigenvalue weighted by molar-refractivity contribution is 6.35. The Morgan fingerprint density at radius 3 is 2.91 bits per heavy atom. The molecule has 0 aliphatic carbocycles. The van der Waals surface area contributed by atoms with Crippen molar-refractivity contribution in [2.24, 2.45) is 7.05 Å². The van der Waals surface area contributed by atoms with Gasteiger partial charge in [0.05, 0.1) is 17.8 Å². The van der Waals surface area contributed by atoms with Crippen LogP contribution < -0.4 is 10.3 Å². The summed E-state index contributed by atoms with van der Waals surface area (Å²) in [5.74, 6) is 0.523. The van der Waals surface area contributed by atoms with Crippen molar-refractivity contribution < 1.29 is 4.74 Å². The first-order chi connectivity index (χ1) is 10.6. The molecule has 0 aliphatic heterocycles. The van der Waals surface area contributed by atoms with Crippen molar-refractivity contribution >= 4 is 34.2 Å². The van der Waals surface area contributed by atoms with Crippen LogP contribution in [0.2, 0.25) is 10.0 Å². The van der Waals surface area contributed by atoms with E-state index in [0.29, 0.717) is 33.4 Å². The van der Waals surface area contributed by atoms with Gasteiger partial charge in [-0.15, -0.1) is 0 Å². The van der Waals surface area contributed by atoms with Crippen LogP contribution >= 0.6 is 23.2 Å². The van der Waals surface area contributed by atoms with Crippen LogP contribution in [0.1, 0.15) is 0 Å². The number of aromatic nitrogens is 4. The Balaban J connectivity index is 1.74. The zero-order chi connectivity index (χ0) is 15.7. The van der Waals surface area contributed by atoms with Crippen LogP contribution in [0.5, 0.6) is 5.75 Å². The Hall–Kier alpha value is -2.05. The molecule has 0 unspecified atom stereocenters. The molecule has 3 aromatic rings. The Bertz CT molecular complexity index is 888. The molecule has 3 rings (SSSR count). The molecule has 0 N–H and O–H groups in total. The maximum atomic E-state index is 12.3. The van der Waals surface area contributed by atoms with Crippen molar-refractivity contribution in [2.45, 2.75) is 6.54 Å². The minimum Gasteiger partial charge on any atom is -0.490 e. The van der Waals surface area contributed by atoms with E-state index in [1.807, 2.05) is 0 Å². The number of ether oxygens (including phenoxy) is 1. The minimum absolute atomic E-state index is 0.149. The van der Waals surface area contributed by atoms with Gasteiger partial charge in [-0.3, -0.25) is 14.0 Å². The van der Waals surface area contributed by atoms with E-state index in [9.17, 15) is 4.79 Å².